The van der Waals surface area contributed by atoms with Gasteiger partial charge in [-0.25, -0.2) is 4.98 Å². The fourth-order valence-electron chi connectivity index (χ4n) is 3.02. The summed E-state index contributed by atoms with van der Waals surface area (Å²) in [6.07, 6.45) is -1.41. The quantitative estimate of drug-likeness (QED) is 0.440. The summed E-state index contributed by atoms with van der Waals surface area (Å²) in [5.74, 6) is 0.780. The molecule has 0 atom stereocenters. The molecule has 5 nitrogen and oxygen atoms in total. The van der Waals surface area contributed by atoms with Crippen LogP contribution in [0, 0.1) is 0 Å². The van der Waals surface area contributed by atoms with Crippen LogP contribution in [-0.2, 0) is 0 Å². The van der Waals surface area contributed by atoms with E-state index in [0.717, 1.165) is 16.3 Å². The number of methoxy groups -OCH3 is 1. The predicted octanol–water partition coefficient (Wildman–Crippen LogP) is 5.95. The highest BCUT2D eigenvalue weighted by Crippen LogP contribution is 2.33. The zero-order chi connectivity index (χ0) is 21.1. The summed E-state index contributed by atoms with van der Waals surface area (Å²) in [5, 5.41) is 4.74. The fourth-order valence-corrected chi connectivity index (χ4v) is 3.02. The van der Waals surface area contributed by atoms with Gasteiger partial charge >= 0.3 is 6.36 Å². The number of pyridine rings is 2. The van der Waals surface area contributed by atoms with Crippen LogP contribution in [-0.4, -0.2) is 23.4 Å². The van der Waals surface area contributed by atoms with Crippen LogP contribution in [0.3, 0.4) is 0 Å². The summed E-state index contributed by atoms with van der Waals surface area (Å²) < 4.78 is 47.0. The smallest absolute Gasteiger partial charge is 0.497 e. The average Bonchev–Trinajstić information content (AvgIpc) is 2.73. The van der Waals surface area contributed by atoms with Crippen molar-refractivity contribution >= 4 is 22.3 Å². The van der Waals surface area contributed by atoms with Crippen LogP contribution in [0.4, 0.5) is 24.7 Å². The number of halogens is 3. The van der Waals surface area contributed by atoms with Crippen molar-refractivity contribution in [3.8, 4) is 22.8 Å². The van der Waals surface area contributed by atoms with Gasteiger partial charge in [-0.05, 0) is 47.9 Å². The van der Waals surface area contributed by atoms with Crippen LogP contribution in [0.25, 0.3) is 22.0 Å². The lowest BCUT2D eigenvalue weighted by atomic mass is 10.1. The van der Waals surface area contributed by atoms with Gasteiger partial charge in [0, 0.05) is 35.1 Å². The van der Waals surface area contributed by atoms with Gasteiger partial charge in [0.25, 0.3) is 0 Å². The van der Waals surface area contributed by atoms with Crippen molar-refractivity contribution in [1.82, 2.24) is 9.97 Å². The number of hydrogen-bond acceptors (Lipinski definition) is 5. The van der Waals surface area contributed by atoms with Gasteiger partial charge in [0.1, 0.15) is 17.3 Å². The second-order valence-electron chi connectivity index (χ2n) is 6.39. The van der Waals surface area contributed by atoms with E-state index in [2.05, 4.69) is 20.0 Å². The molecule has 2 aromatic heterocycles. The third-order valence-corrected chi connectivity index (χ3v) is 4.33. The van der Waals surface area contributed by atoms with Crippen molar-refractivity contribution < 1.29 is 22.6 Å². The van der Waals surface area contributed by atoms with E-state index in [4.69, 9.17) is 4.74 Å². The van der Waals surface area contributed by atoms with E-state index >= 15 is 0 Å². The number of rotatable bonds is 5. The molecule has 2 heterocycles. The molecule has 8 heteroatoms. The van der Waals surface area contributed by atoms with Crippen molar-refractivity contribution in [2.24, 2.45) is 0 Å². The molecular weight excluding hydrogens is 395 g/mol. The zero-order valence-corrected chi connectivity index (χ0v) is 15.8. The lowest BCUT2D eigenvalue weighted by molar-refractivity contribution is -0.274. The summed E-state index contributed by atoms with van der Waals surface area (Å²) in [6.45, 7) is 0. The summed E-state index contributed by atoms with van der Waals surface area (Å²) >= 11 is 0. The minimum absolute atomic E-state index is 0.321. The molecule has 0 bridgehead atoms. The number of alkyl halides is 3. The minimum Gasteiger partial charge on any atom is -0.497 e. The SMILES string of the molecule is COc1ccc2cc(-c3cccnc3)nc(Nc3cccc(OC(F)(F)F)c3)c2c1. The molecule has 0 radical (unpaired) electrons. The topological polar surface area (TPSA) is 56.3 Å². The van der Waals surface area contributed by atoms with Gasteiger partial charge in [-0.1, -0.05) is 12.1 Å². The Balaban J connectivity index is 1.79. The molecular formula is C22H16F3N3O2. The molecule has 0 amide bonds. The van der Waals surface area contributed by atoms with Gasteiger partial charge in [0.05, 0.1) is 12.8 Å². The van der Waals surface area contributed by atoms with Crippen LogP contribution < -0.4 is 14.8 Å². The monoisotopic (exact) mass is 411 g/mol. The molecule has 30 heavy (non-hydrogen) atoms. The number of aromatic nitrogens is 2. The molecule has 4 rings (SSSR count). The maximum Gasteiger partial charge on any atom is 0.573 e. The molecule has 4 aromatic rings. The van der Waals surface area contributed by atoms with E-state index in [1.807, 2.05) is 30.3 Å². The molecule has 0 aliphatic heterocycles. The molecule has 0 unspecified atom stereocenters. The standard InChI is InChI=1S/C22H16F3N3O2/c1-29-17-8-7-14-10-20(15-4-3-9-26-13-15)28-21(19(14)12-17)27-16-5-2-6-18(11-16)30-22(23,24)25/h2-13H,1H3,(H,27,28). The van der Waals surface area contributed by atoms with Crippen molar-refractivity contribution in [3.05, 3.63) is 73.1 Å². The van der Waals surface area contributed by atoms with E-state index in [-0.39, 0.29) is 5.75 Å². The van der Waals surface area contributed by atoms with E-state index in [1.165, 1.54) is 18.2 Å². The van der Waals surface area contributed by atoms with Gasteiger partial charge in [0.2, 0.25) is 0 Å². The van der Waals surface area contributed by atoms with Crippen LogP contribution in [0.15, 0.2) is 73.1 Å². The van der Waals surface area contributed by atoms with Crippen LogP contribution in [0.1, 0.15) is 0 Å². The molecule has 0 saturated carbocycles. The maximum absolute atomic E-state index is 12.6. The van der Waals surface area contributed by atoms with Crippen molar-refractivity contribution in [2.75, 3.05) is 12.4 Å². The highest BCUT2D eigenvalue weighted by atomic mass is 19.4. The molecule has 2 aromatic carbocycles. The summed E-state index contributed by atoms with van der Waals surface area (Å²) in [7, 11) is 1.56. The van der Waals surface area contributed by atoms with Crippen LogP contribution in [0.5, 0.6) is 11.5 Å². The Labute approximate surface area is 170 Å². The number of ether oxygens (including phenoxy) is 2. The number of nitrogens with one attached hydrogen (secondary N) is 1. The van der Waals surface area contributed by atoms with Gasteiger partial charge in [-0.2, -0.15) is 0 Å². The van der Waals surface area contributed by atoms with Crippen LogP contribution in [0.2, 0.25) is 0 Å². The fraction of sp³-hybridized carbons (Fsp3) is 0.0909. The number of benzene rings is 2. The Hall–Kier alpha value is -3.81. The van der Waals surface area contributed by atoms with E-state index in [1.54, 1.807) is 31.6 Å². The first-order valence-corrected chi connectivity index (χ1v) is 8.93. The van der Waals surface area contributed by atoms with Crippen molar-refractivity contribution in [3.63, 3.8) is 0 Å². The summed E-state index contributed by atoms with van der Waals surface area (Å²) in [4.78, 5) is 8.80. The van der Waals surface area contributed by atoms with Gasteiger partial charge in [0.15, 0.2) is 0 Å². The molecule has 152 valence electrons. The van der Waals surface area contributed by atoms with Gasteiger partial charge in [-0.3, -0.25) is 4.98 Å². The second kappa shape index (κ2) is 7.90. The Kier molecular flexibility index (Phi) is 5.14. The molecule has 0 aliphatic carbocycles. The molecule has 0 saturated heterocycles. The van der Waals surface area contributed by atoms with Gasteiger partial charge < -0.3 is 14.8 Å². The van der Waals surface area contributed by atoms with Crippen molar-refractivity contribution in [1.29, 1.82) is 0 Å². The minimum atomic E-state index is -4.77. The largest absolute Gasteiger partial charge is 0.573 e. The maximum atomic E-state index is 12.6. The second-order valence-corrected chi connectivity index (χ2v) is 6.39. The average molecular weight is 411 g/mol. The Morgan fingerprint density at radius 2 is 1.80 bits per heavy atom. The van der Waals surface area contributed by atoms with E-state index in [9.17, 15) is 13.2 Å². The molecule has 0 fully saturated rings. The van der Waals surface area contributed by atoms with Gasteiger partial charge in [-0.15, -0.1) is 13.2 Å². The highest BCUT2D eigenvalue weighted by molar-refractivity contribution is 5.96. The van der Waals surface area contributed by atoms with E-state index in [0.29, 0.717) is 22.9 Å². The summed E-state index contributed by atoms with van der Waals surface area (Å²) in [5.41, 5.74) is 1.88. The first kappa shape index (κ1) is 19.5. The summed E-state index contributed by atoms with van der Waals surface area (Å²) in [6, 6.07) is 16.7. The number of nitrogens with zero attached hydrogens (tertiary/aromatic N) is 2. The van der Waals surface area contributed by atoms with Crippen LogP contribution >= 0.6 is 0 Å². The Morgan fingerprint density at radius 1 is 0.933 bits per heavy atom. The third-order valence-electron chi connectivity index (χ3n) is 4.33. The van der Waals surface area contributed by atoms with Crippen molar-refractivity contribution in [2.45, 2.75) is 6.36 Å². The number of fused-ring (bicyclic) bond motifs is 1. The molecule has 0 aliphatic rings. The molecule has 1 N–H and O–H groups in total. The Morgan fingerprint density at radius 3 is 2.53 bits per heavy atom. The zero-order valence-electron chi connectivity index (χ0n) is 15.8. The normalized spacial score (nSPS) is 11.3. The lowest BCUT2D eigenvalue weighted by Crippen LogP contribution is -2.17. The number of anilines is 2. The molecule has 0 spiro atoms. The highest BCUT2D eigenvalue weighted by Gasteiger charge is 2.31. The number of hydrogen-bond donors (Lipinski definition) is 1. The first-order chi connectivity index (χ1) is 14.4. The predicted molar refractivity (Wildman–Crippen MR) is 108 cm³/mol. The lowest BCUT2D eigenvalue weighted by Gasteiger charge is -2.14. The van der Waals surface area contributed by atoms with E-state index < -0.39 is 6.36 Å². The third kappa shape index (κ3) is 4.43. The Bertz CT molecular complexity index is 1180. The first-order valence-electron chi connectivity index (χ1n) is 8.93.